The van der Waals surface area contributed by atoms with Crippen LogP contribution in [-0.2, 0) is 10.0 Å². The minimum atomic E-state index is -3.80. The van der Waals surface area contributed by atoms with Crippen molar-refractivity contribution in [3.05, 3.63) is 70.6 Å². The molecule has 4 N–H and O–H groups in total. The van der Waals surface area contributed by atoms with Crippen molar-refractivity contribution in [2.75, 3.05) is 0 Å². The van der Waals surface area contributed by atoms with E-state index in [-0.39, 0.29) is 16.1 Å². The molecule has 11 heteroatoms. The van der Waals surface area contributed by atoms with E-state index in [1.807, 2.05) is 0 Å². The second-order valence-electron chi connectivity index (χ2n) is 5.39. The molecule has 0 bridgehead atoms. The molecular formula is C16H13N5O5S. The topological polar surface area (TPSA) is 160 Å². The summed E-state index contributed by atoms with van der Waals surface area (Å²) < 4.78 is 23.6. The van der Waals surface area contributed by atoms with E-state index < -0.39 is 21.6 Å². The van der Waals surface area contributed by atoms with Crippen molar-refractivity contribution in [3.63, 3.8) is 0 Å². The number of nitrogens with two attached hydrogens (primary N) is 1. The van der Waals surface area contributed by atoms with E-state index in [0.29, 0.717) is 11.4 Å². The quantitative estimate of drug-likeness (QED) is 0.569. The van der Waals surface area contributed by atoms with Gasteiger partial charge in [0.05, 0.1) is 28.0 Å². The fraction of sp³-hybridized carbons (Fsp3) is 0. The summed E-state index contributed by atoms with van der Waals surface area (Å²) in [5.41, 5.74) is 0.404. The van der Waals surface area contributed by atoms with E-state index in [0.717, 1.165) is 0 Å². The highest BCUT2D eigenvalue weighted by molar-refractivity contribution is 7.89. The van der Waals surface area contributed by atoms with Gasteiger partial charge in [-0.1, -0.05) is 0 Å². The normalized spacial score (nSPS) is 11.7. The molecular weight excluding hydrogens is 374 g/mol. The highest BCUT2D eigenvalue weighted by Crippen LogP contribution is 2.18. The van der Waals surface area contributed by atoms with Gasteiger partial charge in [0.15, 0.2) is 5.69 Å². The first-order chi connectivity index (χ1) is 12.8. The summed E-state index contributed by atoms with van der Waals surface area (Å²) >= 11 is 0. The van der Waals surface area contributed by atoms with Gasteiger partial charge in [-0.25, -0.2) is 23.0 Å². The number of carbonyl (C=O) groups is 1. The molecule has 0 aliphatic rings. The Kier molecular flexibility index (Phi) is 4.71. The Bertz CT molecular complexity index is 1180. The number of nitrogens with one attached hydrogen (secondary N) is 1. The molecule has 0 unspecified atom stereocenters. The molecule has 2 aromatic carbocycles. The van der Waals surface area contributed by atoms with Crippen LogP contribution in [-0.4, -0.2) is 29.3 Å². The van der Waals surface area contributed by atoms with Gasteiger partial charge in [0.25, 0.3) is 5.56 Å². The van der Waals surface area contributed by atoms with Crippen molar-refractivity contribution >= 4 is 27.4 Å². The smallest absolute Gasteiger partial charge is 0.335 e. The van der Waals surface area contributed by atoms with Gasteiger partial charge in [0, 0.05) is 0 Å². The van der Waals surface area contributed by atoms with Crippen LogP contribution in [0.1, 0.15) is 10.4 Å². The molecule has 1 heterocycles. The van der Waals surface area contributed by atoms with E-state index >= 15 is 0 Å². The van der Waals surface area contributed by atoms with Crippen LogP contribution in [0.5, 0.6) is 0 Å². The summed E-state index contributed by atoms with van der Waals surface area (Å²) in [4.78, 5) is 23.2. The molecule has 0 saturated carbocycles. The molecule has 0 radical (unpaired) electrons. The summed E-state index contributed by atoms with van der Waals surface area (Å²) in [5, 5.41) is 24.4. The minimum absolute atomic E-state index is 0.0211. The van der Waals surface area contributed by atoms with E-state index in [1.165, 1.54) is 59.4 Å². The van der Waals surface area contributed by atoms with Crippen molar-refractivity contribution in [1.82, 2.24) is 9.78 Å². The lowest BCUT2D eigenvalue weighted by Gasteiger charge is -2.01. The fourth-order valence-electron chi connectivity index (χ4n) is 2.19. The number of nitrogens with zero attached hydrogens (tertiary/aromatic N) is 3. The molecule has 0 aliphatic heterocycles. The Balaban J connectivity index is 1.84. The molecule has 0 spiro atoms. The van der Waals surface area contributed by atoms with E-state index in [2.05, 4.69) is 15.3 Å². The highest BCUT2D eigenvalue weighted by Gasteiger charge is 2.09. The molecule has 3 rings (SSSR count). The van der Waals surface area contributed by atoms with Gasteiger partial charge in [-0.3, -0.25) is 9.89 Å². The molecule has 27 heavy (non-hydrogen) atoms. The third kappa shape index (κ3) is 3.99. The van der Waals surface area contributed by atoms with Crippen LogP contribution in [0.4, 0.5) is 11.4 Å². The Morgan fingerprint density at radius 3 is 2.22 bits per heavy atom. The Morgan fingerprint density at radius 1 is 1.04 bits per heavy atom. The van der Waals surface area contributed by atoms with Gasteiger partial charge in [-0.15, -0.1) is 5.11 Å². The van der Waals surface area contributed by atoms with Crippen LogP contribution in [0.2, 0.25) is 0 Å². The molecule has 0 fully saturated rings. The van der Waals surface area contributed by atoms with Gasteiger partial charge < -0.3 is 5.11 Å². The van der Waals surface area contributed by atoms with Gasteiger partial charge in [0.2, 0.25) is 10.0 Å². The van der Waals surface area contributed by atoms with Crippen molar-refractivity contribution in [2.45, 2.75) is 4.90 Å². The number of hydrogen-bond acceptors (Lipinski definition) is 6. The van der Waals surface area contributed by atoms with Crippen LogP contribution in [0.25, 0.3) is 5.69 Å². The maximum absolute atomic E-state index is 12.4. The number of azo groups is 1. The lowest BCUT2D eigenvalue weighted by molar-refractivity contribution is 0.0697. The van der Waals surface area contributed by atoms with Crippen LogP contribution < -0.4 is 10.7 Å². The lowest BCUT2D eigenvalue weighted by atomic mass is 10.2. The number of rotatable bonds is 5. The number of hydrogen-bond donors (Lipinski definition) is 3. The minimum Gasteiger partial charge on any atom is -0.478 e. The number of H-pyrrole nitrogens is 1. The predicted molar refractivity (Wildman–Crippen MR) is 95.3 cm³/mol. The van der Waals surface area contributed by atoms with Crippen molar-refractivity contribution in [1.29, 1.82) is 0 Å². The summed E-state index contributed by atoms with van der Waals surface area (Å²) in [6.45, 7) is 0. The zero-order valence-electron chi connectivity index (χ0n) is 13.6. The second kappa shape index (κ2) is 6.97. The number of primary sulfonamides is 1. The summed E-state index contributed by atoms with van der Waals surface area (Å²) in [5.74, 6) is -1.07. The zero-order valence-corrected chi connectivity index (χ0v) is 14.4. The fourth-order valence-corrected chi connectivity index (χ4v) is 2.71. The van der Waals surface area contributed by atoms with Crippen LogP contribution >= 0.6 is 0 Å². The van der Waals surface area contributed by atoms with Crippen molar-refractivity contribution < 1.29 is 18.3 Å². The zero-order chi connectivity index (χ0) is 19.6. The molecule has 0 saturated heterocycles. The predicted octanol–water partition coefficient (Wildman–Crippen LogP) is 1.93. The number of benzene rings is 2. The maximum atomic E-state index is 12.4. The molecule has 138 valence electrons. The average molecular weight is 387 g/mol. The average Bonchev–Trinajstić information content (AvgIpc) is 3.00. The maximum Gasteiger partial charge on any atom is 0.335 e. The molecule has 0 aliphatic carbocycles. The van der Waals surface area contributed by atoms with Gasteiger partial charge in [0.1, 0.15) is 0 Å². The Hall–Kier alpha value is -3.57. The Labute approximate surface area is 152 Å². The molecule has 1 aromatic heterocycles. The third-order valence-electron chi connectivity index (χ3n) is 3.56. The largest absolute Gasteiger partial charge is 0.478 e. The van der Waals surface area contributed by atoms with E-state index in [4.69, 9.17) is 10.2 Å². The summed E-state index contributed by atoms with van der Waals surface area (Å²) in [7, 11) is -3.80. The molecule has 10 nitrogen and oxygen atoms in total. The number of aromatic carboxylic acids is 1. The Morgan fingerprint density at radius 2 is 1.67 bits per heavy atom. The SMILES string of the molecule is NS(=O)(=O)c1ccc(N=Nc2c[nH]n(-c3ccc(C(=O)O)cc3)c2=O)cc1. The summed E-state index contributed by atoms with van der Waals surface area (Å²) in [6.07, 6.45) is 1.34. The first-order valence-electron chi connectivity index (χ1n) is 7.44. The number of aromatic nitrogens is 2. The van der Waals surface area contributed by atoms with E-state index in [9.17, 15) is 18.0 Å². The highest BCUT2D eigenvalue weighted by atomic mass is 32.2. The van der Waals surface area contributed by atoms with Gasteiger partial charge >= 0.3 is 5.97 Å². The van der Waals surface area contributed by atoms with Gasteiger partial charge in [-0.2, -0.15) is 5.11 Å². The first-order valence-corrected chi connectivity index (χ1v) is 8.99. The molecule has 3 aromatic rings. The number of carboxylic acid groups (broad SMARTS) is 1. The number of carboxylic acids is 1. The lowest BCUT2D eigenvalue weighted by Crippen LogP contribution is -2.14. The van der Waals surface area contributed by atoms with Crippen molar-refractivity contribution in [2.24, 2.45) is 15.4 Å². The number of sulfonamides is 1. The molecule has 0 atom stereocenters. The van der Waals surface area contributed by atoms with Crippen LogP contribution in [0, 0.1) is 0 Å². The van der Waals surface area contributed by atoms with Crippen LogP contribution in [0.3, 0.4) is 0 Å². The van der Waals surface area contributed by atoms with E-state index in [1.54, 1.807) is 0 Å². The van der Waals surface area contributed by atoms with Crippen LogP contribution in [0.15, 0.2) is 74.6 Å². The summed E-state index contributed by atoms with van der Waals surface area (Å²) in [6, 6.07) is 11.1. The second-order valence-corrected chi connectivity index (χ2v) is 6.95. The first kappa shape index (κ1) is 18.2. The molecule has 0 amide bonds. The monoisotopic (exact) mass is 387 g/mol. The standard InChI is InChI=1S/C16H13N5O5S/c17-27(25,26)13-7-3-11(4-8-13)19-20-14-9-18-21(15(14)22)12-5-1-10(2-6-12)16(23)24/h1-9,18H,(H,23,24)(H2,17,25,26). The number of aromatic amines is 1. The van der Waals surface area contributed by atoms with Crippen molar-refractivity contribution in [3.8, 4) is 5.69 Å². The van der Waals surface area contributed by atoms with Gasteiger partial charge in [-0.05, 0) is 48.5 Å². The third-order valence-corrected chi connectivity index (χ3v) is 4.49.